The first-order valence-electron chi connectivity index (χ1n) is 6.11. The monoisotopic (exact) mass is 222 g/mol. The summed E-state index contributed by atoms with van der Waals surface area (Å²) in [5, 5.41) is 9.77. The van der Waals surface area contributed by atoms with Crippen LogP contribution in [0.5, 0.6) is 0 Å². The van der Waals surface area contributed by atoms with E-state index >= 15 is 0 Å². The number of rotatable bonds is 1. The molecule has 1 N–H and O–H groups in total. The van der Waals surface area contributed by atoms with E-state index in [9.17, 15) is 9.50 Å². The van der Waals surface area contributed by atoms with Crippen molar-refractivity contribution in [2.75, 3.05) is 0 Å². The van der Waals surface area contributed by atoms with Gasteiger partial charge in [-0.3, -0.25) is 0 Å². The van der Waals surface area contributed by atoms with Crippen LogP contribution < -0.4 is 0 Å². The normalized spacial score (nSPS) is 26.4. The van der Waals surface area contributed by atoms with Crippen molar-refractivity contribution < 1.29 is 9.50 Å². The summed E-state index contributed by atoms with van der Waals surface area (Å²) in [4.78, 5) is 0. The van der Waals surface area contributed by atoms with Gasteiger partial charge < -0.3 is 5.11 Å². The lowest BCUT2D eigenvalue weighted by Crippen LogP contribution is -2.09. The lowest BCUT2D eigenvalue weighted by atomic mass is 9.90. The molecule has 1 saturated carbocycles. The zero-order chi connectivity index (χ0) is 11.5. The van der Waals surface area contributed by atoms with Gasteiger partial charge >= 0.3 is 0 Å². The molecule has 1 aromatic rings. The summed E-state index contributed by atoms with van der Waals surface area (Å²) in [5.74, 6) is 0.259. The van der Waals surface area contributed by atoms with E-state index in [4.69, 9.17) is 0 Å². The first-order chi connectivity index (χ1) is 7.66. The Hall–Kier alpha value is -0.890. The highest BCUT2D eigenvalue weighted by atomic mass is 19.1. The summed E-state index contributed by atoms with van der Waals surface area (Å²) in [6.45, 7) is 1.80. The Balaban J connectivity index is 2.18. The van der Waals surface area contributed by atoms with Gasteiger partial charge in [0, 0.05) is 0 Å². The molecule has 1 aromatic carbocycles. The highest BCUT2D eigenvalue weighted by Crippen LogP contribution is 2.32. The average molecular weight is 222 g/mol. The van der Waals surface area contributed by atoms with Crippen molar-refractivity contribution in [2.24, 2.45) is 0 Å². The summed E-state index contributed by atoms with van der Waals surface area (Å²) in [6.07, 6.45) is 4.94. The van der Waals surface area contributed by atoms with Gasteiger partial charge in [-0.15, -0.1) is 0 Å². The van der Waals surface area contributed by atoms with Crippen molar-refractivity contribution in [1.82, 2.24) is 0 Å². The molecule has 88 valence electrons. The van der Waals surface area contributed by atoms with Crippen LogP contribution in [0.1, 0.15) is 49.1 Å². The number of aliphatic hydroxyl groups excluding tert-OH is 1. The van der Waals surface area contributed by atoms with Crippen LogP contribution in [0, 0.1) is 12.7 Å². The van der Waals surface area contributed by atoms with E-state index in [0.29, 0.717) is 11.5 Å². The minimum atomic E-state index is -0.183. The van der Waals surface area contributed by atoms with Crippen LogP contribution in [-0.2, 0) is 0 Å². The number of halogens is 1. The van der Waals surface area contributed by atoms with E-state index in [2.05, 4.69) is 0 Å². The van der Waals surface area contributed by atoms with Gasteiger partial charge in [-0.25, -0.2) is 4.39 Å². The molecule has 0 saturated heterocycles. The van der Waals surface area contributed by atoms with Crippen molar-refractivity contribution in [1.29, 1.82) is 0 Å². The standard InChI is InChI=1S/C14H19FO/c1-10-8-12(6-7-14(10)15)11-4-2-3-5-13(16)9-11/h6-8,11,13,16H,2-5,9H2,1H3. The Labute approximate surface area is 96.3 Å². The summed E-state index contributed by atoms with van der Waals surface area (Å²) >= 11 is 0. The molecule has 0 aromatic heterocycles. The van der Waals surface area contributed by atoms with Gasteiger partial charge in [-0.2, -0.15) is 0 Å². The van der Waals surface area contributed by atoms with E-state index in [1.165, 1.54) is 5.56 Å². The molecule has 2 rings (SSSR count). The average Bonchev–Trinajstić information content (AvgIpc) is 2.47. The zero-order valence-electron chi connectivity index (χ0n) is 9.75. The second kappa shape index (κ2) is 4.96. The Morgan fingerprint density at radius 3 is 2.75 bits per heavy atom. The Morgan fingerprint density at radius 1 is 1.25 bits per heavy atom. The smallest absolute Gasteiger partial charge is 0.126 e. The van der Waals surface area contributed by atoms with Crippen molar-refractivity contribution in [2.45, 2.75) is 51.0 Å². The number of aliphatic hydroxyl groups is 1. The summed E-state index contributed by atoms with van der Waals surface area (Å²) in [7, 11) is 0. The van der Waals surface area contributed by atoms with Crippen LogP contribution in [0.2, 0.25) is 0 Å². The minimum absolute atomic E-state index is 0.141. The fraction of sp³-hybridized carbons (Fsp3) is 0.571. The molecule has 16 heavy (non-hydrogen) atoms. The maximum absolute atomic E-state index is 13.2. The molecule has 0 heterocycles. The van der Waals surface area contributed by atoms with E-state index in [0.717, 1.165) is 32.1 Å². The van der Waals surface area contributed by atoms with E-state index in [-0.39, 0.29) is 11.9 Å². The molecule has 0 radical (unpaired) electrons. The minimum Gasteiger partial charge on any atom is -0.393 e. The van der Waals surface area contributed by atoms with E-state index < -0.39 is 0 Å². The van der Waals surface area contributed by atoms with Crippen LogP contribution in [0.15, 0.2) is 18.2 Å². The molecule has 2 heteroatoms. The van der Waals surface area contributed by atoms with Crippen molar-refractivity contribution in [3.05, 3.63) is 35.1 Å². The maximum Gasteiger partial charge on any atom is 0.126 e. The highest BCUT2D eigenvalue weighted by Gasteiger charge is 2.20. The number of hydrogen-bond donors (Lipinski definition) is 1. The SMILES string of the molecule is Cc1cc(C2CCCCC(O)C2)ccc1F. The fourth-order valence-electron chi connectivity index (χ4n) is 2.56. The van der Waals surface area contributed by atoms with E-state index in [1.54, 1.807) is 13.0 Å². The molecule has 1 aliphatic carbocycles. The molecule has 1 fully saturated rings. The van der Waals surface area contributed by atoms with Crippen molar-refractivity contribution in [3.8, 4) is 0 Å². The molecular formula is C14H19FO. The predicted octanol–water partition coefficient (Wildman–Crippen LogP) is 3.54. The van der Waals surface area contributed by atoms with Gasteiger partial charge in [0.15, 0.2) is 0 Å². The molecular weight excluding hydrogens is 203 g/mol. The number of hydrogen-bond acceptors (Lipinski definition) is 1. The second-order valence-electron chi connectivity index (χ2n) is 4.88. The van der Waals surface area contributed by atoms with Gasteiger partial charge in [0.05, 0.1) is 6.10 Å². The first kappa shape index (κ1) is 11.6. The Morgan fingerprint density at radius 2 is 2.00 bits per heavy atom. The molecule has 1 aliphatic rings. The van der Waals surface area contributed by atoms with Crippen molar-refractivity contribution >= 4 is 0 Å². The molecule has 0 amide bonds. The molecule has 2 atom stereocenters. The van der Waals surface area contributed by atoms with Gasteiger partial charge in [0.1, 0.15) is 5.82 Å². The molecule has 0 bridgehead atoms. The Kier molecular flexibility index (Phi) is 3.59. The third-order valence-electron chi connectivity index (χ3n) is 3.55. The van der Waals surface area contributed by atoms with Gasteiger partial charge in [0.25, 0.3) is 0 Å². The second-order valence-corrected chi connectivity index (χ2v) is 4.88. The van der Waals surface area contributed by atoms with Gasteiger partial charge in [-0.1, -0.05) is 25.0 Å². The van der Waals surface area contributed by atoms with Gasteiger partial charge in [-0.05, 0) is 49.3 Å². The van der Waals surface area contributed by atoms with Crippen LogP contribution >= 0.6 is 0 Å². The van der Waals surface area contributed by atoms with Crippen molar-refractivity contribution in [3.63, 3.8) is 0 Å². The topological polar surface area (TPSA) is 20.2 Å². The fourth-order valence-corrected chi connectivity index (χ4v) is 2.56. The largest absolute Gasteiger partial charge is 0.393 e. The molecule has 0 spiro atoms. The van der Waals surface area contributed by atoms with Crippen LogP contribution in [-0.4, -0.2) is 11.2 Å². The number of aryl methyl sites for hydroxylation is 1. The van der Waals surface area contributed by atoms with Crippen LogP contribution in [0.3, 0.4) is 0 Å². The predicted molar refractivity (Wildman–Crippen MR) is 63.0 cm³/mol. The number of benzene rings is 1. The molecule has 2 unspecified atom stereocenters. The lowest BCUT2D eigenvalue weighted by Gasteiger charge is -2.17. The zero-order valence-corrected chi connectivity index (χ0v) is 9.75. The van der Waals surface area contributed by atoms with Gasteiger partial charge in [0.2, 0.25) is 0 Å². The summed E-state index contributed by atoms with van der Waals surface area (Å²) < 4.78 is 13.2. The quantitative estimate of drug-likeness (QED) is 0.720. The maximum atomic E-state index is 13.2. The van der Waals surface area contributed by atoms with Crippen LogP contribution in [0.25, 0.3) is 0 Å². The summed E-state index contributed by atoms with van der Waals surface area (Å²) in [5.41, 5.74) is 1.89. The van der Waals surface area contributed by atoms with E-state index in [1.807, 2.05) is 12.1 Å². The molecule has 1 nitrogen and oxygen atoms in total. The summed E-state index contributed by atoms with van der Waals surface area (Å²) in [6, 6.07) is 5.34. The third-order valence-corrected chi connectivity index (χ3v) is 3.55. The first-order valence-corrected chi connectivity index (χ1v) is 6.11. The highest BCUT2D eigenvalue weighted by molar-refractivity contribution is 5.27. The Bertz CT molecular complexity index is 362. The third kappa shape index (κ3) is 2.62. The molecule has 0 aliphatic heterocycles. The lowest BCUT2D eigenvalue weighted by molar-refractivity contribution is 0.152. The van der Waals surface area contributed by atoms with Crippen LogP contribution in [0.4, 0.5) is 4.39 Å².